The van der Waals surface area contributed by atoms with Crippen molar-refractivity contribution >= 4 is 17.5 Å². The first-order valence-corrected chi connectivity index (χ1v) is 9.03. The summed E-state index contributed by atoms with van der Waals surface area (Å²) in [6.45, 7) is 2.10. The lowest BCUT2D eigenvalue weighted by Gasteiger charge is -2.17. The van der Waals surface area contributed by atoms with Crippen LogP contribution in [0.3, 0.4) is 0 Å². The standard InChI is InChI=1S/C19H22FN5O/c20-15-5-3-14(4-6-15)11-25-8-7-16(19(25)26)24-18-9-17(22-12-23-18)21-10-13-1-2-13/h3-6,9,12-13,16H,1-2,7-8,10-11H2,(H2,21,22,23,24). The third-order valence-electron chi connectivity index (χ3n) is 4.84. The average Bonchev–Trinajstić information content (AvgIpc) is 3.42. The van der Waals surface area contributed by atoms with E-state index < -0.39 is 0 Å². The number of halogens is 1. The number of carbonyl (C=O) groups is 1. The Bertz CT molecular complexity index is 778. The summed E-state index contributed by atoms with van der Waals surface area (Å²) in [4.78, 5) is 22.9. The second-order valence-electron chi connectivity index (χ2n) is 6.98. The van der Waals surface area contributed by atoms with Gasteiger partial charge in [0.25, 0.3) is 0 Å². The molecule has 1 amide bonds. The highest BCUT2D eigenvalue weighted by molar-refractivity contribution is 5.86. The molecule has 1 aromatic heterocycles. The molecule has 1 saturated heterocycles. The maximum Gasteiger partial charge on any atom is 0.245 e. The van der Waals surface area contributed by atoms with E-state index >= 15 is 0 Å². The minimum absolute atomic E-state index is 0.0421. The molecule has 2 heterocycles. The zero-order chi connectivity index (χ0) is 17.9. The van der Waals surface area contributed by atoms with Gasteiger partial charge in [-0.05, 0) is 42.9 Å². The van der Waals surface area contributed by atoms with Crippen LogP contribution in [0.4, 0.5) is 16.0 Å². The van der Waals surface area contributed by atoms with Gasteiger partial charge in [0.2, 0.25) is 5.91 Å². The predicted molar refractivity (Wildman–Crippen MR) is 97.1 cm³/mol. The monoisotopic (exact) mass is 355 g/mol. The fraction of sp³-hybridized carbons (Fsp3) is 0.421. The number of nitrogens with one attached hydrogen (secondary N) is 2. The molecule has 0 bridgehead atoms. The van der Waals surface area contributed by atoms with E-state index in [2.05, 4.69) is 20.6 Å². The zero-order valence-corrected chi connectivity index (χ0v) is 14.5. The molecule has 26 heavy (non-hydrogen) atoms. The van der Waals surface area contributed by atoms with Gasteiger partial charge in [-0.2, -0.15) is 0 Å². The molecule has 1 saturated carbocycles. The first-order chi connectivity index (χ1) is 12.7. The van der Waals surface area contributed by atoms with E-state index in [-0.39, 0.29) is 17.8 Å². The van der Waals surface area contributed by atoms with Crippen molar-refractivity contribution in [1.82, 2.24) is 14.9 Å². The number of benzene rings is 1. The van der Waals surface area contributed by atoms with Crippen molar-refractivity contribution in [3.63, 3.8) is 0 Å². The lowest BCUT2D eigenvalue weighted by atomic mass is 10.2. The Morgan fingerprint density at radius 1 is 1.12 bits per heavy atom. The zero-order valence-electron chi connectivity index (χ0n) is 14.5. The highest BCUT2D eigenvalue weighted by Crippen LogP contribution is 2.28. The fourth-order valence-corrected chi connectivity index (χ4v) is 3.12. The van der Waals surface area contributed by atoms with Gasteiger partial charge in [0, 0.05) is 25.7 Å². The van der Waals surface area contributed by atoms with E-state index in [0.29, 0.717) is 18.9 Å². The number of anilines is 2. The van der Waals surface area contributed by atoms with E-state index in [0.717, 1.165) is 30.3 Å². The third kappa shape index (κ3) is 4.09. The van der Waals surface area contributed by atoms with Crippen molar-refractivity contribution in [2.75, 3.05) is 23.7 Å². The molecule has 2 N–H and O–H groups in total. The minimum Gasteiger partial charge on any atom is -0.370 e. The Balaban J connectivity index is 1.34. The van der Waals surface area contributed by atoms with Gasteiger partial charge < -0.3 is 15.5 Å². The summed E-state index contributed by atoms with van der Waals surface area (Å²) in [5, 5.41) is 6.53. The number of likely N-dealkylation sites (tertiary alicyclic amines) is 1. The Labute approximate surface area is 151 Å². The molecule has 2 aliphatic rings. The van der Waals surface area contributed by atoms with Gasteiger partial charge in [-0.3, -0.25) is 4.79 Å². The van der Waals surface area contributed by atoms with Crippen LogP contribution in [-0.2, 0) is 11.3 Å². The summed E-state index contributed by atoms with van der Waals surface area (Å²) >= 11 is 0. The summed E-state index contributed by atoms with van der Waals surface area (Å²) in [6, 6.07) is 7.82. The van der Waals surface area contributed by atoms with Crippen LogP contribution >= 0.6 is 0 Å². The second-order valence-corrected chi connectivity index (χ2v) is 6.98. The Kier molecular flexibility index (Phi) is 4.69. The largest absolute Gasteiger partial charge is 0.370 e. The topological polar surface area (TPSA) is 70.1 Å². The van der Waals surface area contributed by atoms with Gasteiger partial charge >= 0.3 is 0 Å². The van der Waals surface area contributed by atoms with Gasteiger partial charge in [0.1, 0.15) is 29.8 Å². The van der Waals surface area contributed by atoms with Gasteiger partial charge in [0.15, 0.2) is 0 Å². The van der Waals surface area contributed by atoms with Crippen LogP contribution in [0.2, 0.25) is 0 Å². The fourth-order valence-electron chi connectivity index (χ4n) is 3.12. The normalized spacial score (nSPS) is 19.7. The summed E-state index contributed by atoms with van der Waals surface area (Å²) < 4.78 is 13.0. The van der Waals surface area contributed by atoms with E-state index in [1.54, 1.807) is 17.0 Å². The Hall–Kier alpha value is -2.70. The average molecular weight is 355 g/mol. The molecular weight excluding hydrogens is 333 g/mol. The number of hydrogen-bond acceptors (Lipinski definition) is 5. The highest BCUT2D eigenvalue weighted by atomic mass is 19.1. The van der Waals surface area contributed by atoms with Crippen LogP contribution in [0.15, 0.2) is 36.7 Å². The van der Waals surface area contributed by atoms with Crippen LogP contribution in [0.25, 0.3) is 0 Å². The minimum atomic E-state index is -0.290. The molecule has 1 aliphatic carbocycles. The summed E-state index contributed by atoms with van der Waals surface area (Å²) in [5.74, 6) is 1.97. The van der Waals surface area contributed by atoms with E-state index in [1.165, 1.54) is 31.3 Å². The highest BCUT2D eigenvalue weighted by Gasteiger charge is 2.31. The quantitative estimate of drug-likeness (QED) is 0.799. The van der Waals surface area contributed by atoms with Crippen molar-refractivity contribution in [2.45, 2.75) is 31.8 Å². The maximum atomic E-state index is 13.0. The lowest BCUT2D eigenvalue weighted by Crippen LogP contribution is -2.33. The predicted octanol–water partition coefficient (Wildman–Crippen LogP) is 2.65. The van der Waals surface area contributed by atoms with Crippen molar-refractivity contribution in [2.24, 2.45) is 5.92 Å². The third-order valence-corrected chi connectivity index (χ3v) is 4.84. The smallest absolute Gasteiger partial charge is 0.245 e. The summed E-state index contributed by atoms with van der Waals surface area (Å²) in [5.41, 5.74) is 0.925. The van der Waals surface area contributed by atoms with Crippen molar-refractivity contribution in [3.05, 3.63) is 48.0 Å². The van der Waals surface area contributed by atoms with Crippen LogP contribution in [0.5, 0.6) is 0 Å². The van der Waals surface area contributed by atoms with Crippen LogP contribution < -0.4 is 10.6 Å². The molecule has 2 fully saturated rings. The number of amides is 1. The van der Waals surface area contributed by atoms with E-state index in [9.17, 15) is 9.18 Å². The van der Waals surface area contributed by atoms with Crippen LogP contribution in [-0.4, -0.2) is 39.9 Å². The lowest BCUT2D eigenvalue weighted by molar-refractivity contribution is -0.128. The van der Waals surface area contributed by atoms with Crippen molar-refractivity contribution in [1.29, 1.82) is 0 Å². The SMILES string of the molecule is O=C1C(Nc2cc(NCC3CC3)ncn2)CCN1Cc1ccc(F)cc1. The van der Waals surface area contributed by atoms with Gasteiger partial charge in [0.05, 0.1) is 0 Å². The molecule has 7 heteroatoms. The van der Waals surface area contributed by atoms with Crippen LogP contribution in [0, 0.1) is 11.7 Å². The van der Waals surface area contributed by atoms with E-state index in [1.807, 2.05) is 6.07 Å². The second kappa shape index (κ2) is 7.27. The summed E-state index contributed by atoms with van der Waals surface area (Å²) in [6.07, 6.45) is 4.79. The number of aromatic nitrogens is 2. The molecule has 1 unspecified atom stereocenters. The van der Waals surface area contributed by atoms with Crippen molar-refractivity contribution in [3.8, 4) is 0 Å². The molecule has 4 rings (SSSR count). The maximum absolute atomic E-state index is 13.0. The number of carbonyl (C=O) groups excluding carboxylic acids is 1. The van der Waals surface area contributed by atoms with E-state index in [4.69, 9.17) is 0 Å². The Morgan fingerprint density at radius 3 is 2.65 bits per heavy atom. The molecule has 1 aromatic carbocycles. The molecule has 1 atom stereocenters. The number of nitrogens with zero attached hydrogens (tertiary/aromatic N) is 3. The first-order valence-electron chi connectivity index (χ1n) is 9.03. The molecule has 136 valence electrons. The molecule has 0 radical (unpaired) electrons. The molecule has 0 spiro atoms. The van der Waals surface area contributed by atoms with Crippen LogP contribution in [0.1, 0.15) is 24.8 Å². The molecule has 2 aromatic rings. The summed E-state index contributed by atoms with van der Waals surface area (Å²) in [7, 11) is 0. The molecule has 6 nitrogen and oxygen atoms in total. The van der Waals surface area contributed by atoms with Crippen molar-refractivity contribution < 1.29 is 9.18 Å². The first kappa shape index (κ1) is 16.8. The molecular formula is C19H22FN5O. The van der Waals surface area contributed by atoms with Gasteiger partial charge in [-0.25, -0.2) is 14.4 Å². The molecule has 1 aliphatic heterocycles. The van der Waals surface area contributed by atoms with Gasteiger partial charge in [-0.1, -0.05) is 12.1 Å². The Morgan fingerprint density at radius 2 is 1.88 bits per heavy atom. The van der Waals surface area contributed by atoms with Gasteiger partial charge in [-0.15, -0.1) is 0 Å². The number of hydrogen-bond donors (Lipinski definition) is 2. The number of rotatable bonds is 7.